The Morgan fingerprint density at radius 1 is 1.16 bits per heavy atom. The molecule has 1 unspecified atom stereocenters. The second-order valence-corrected chi connectivity index (χ2v) is 6.13. The SMILES string of the molecule is O=C(c1ccc2[nH]c(=O)c(=O)[nH]c2c1)N1CCCC(c2ncn[nH]2)C1. The third-order valence-corrected chi connectivity index (χ3v) is 4.50. The van der Waals surface area contributed by atoms with Gasteiger partial charge in [0, 0.05) is 24.6 Å². The van der Waals surface area contributed by atoms with E-state index in [1.54, 1.807) is 23.1 Å². The van der Waals surface area contributed by atoms with Crippen molar-refractivity contribution >= 4 is 16.9 Å². The number of aromatic nitrogens is 5. The number of piperidine rings is 1. The number of nitrogens with one attached hydrogen (secondary N) is 3. The first-order chi connectivity index (χ1) is 12.1. The first-order valence-electron chi connectivity index (χ1n) is 8.03. The molecule has 1 aromatic carbocycles. The molecule has 0 bridgehead atoms. The molecule has 25 heavy (non-hydrogen) atoms. The average molecular weight is 340 g/mol. The Morgan fingerprint density at radius 3 is 2.72 bits per heavy atom. The minimum Gasteiger partial charge on any atom is -0.338 e. The highest BCUT2D eigenvalue weighted by Crippen LogP contribution is 2.25. The molecular weight excluding hydrogens is 324 g/mol. The van der Waals surface area contributed by atoms with E-state index in [-0.39, 0.29) is 11.8 Å². The van der Waals surface area contributed by atoms with E-state index in [0.717, 1.165) is 18.7 Å². The van der Waals surface area contributed by atoms with Crippen molar-refractivity contribution in [2.75, 3.05) is 13.1 Å². The van der Waals surface area contributed by atoms with Crippen molar-refractivity contribution in [3.8, 4) is 0 Å². The number of rotatable bonds is 2. The van der Waals surface area contributed by atoms with Gasteiger partial charge in [0.2, 0.25) is 0 Å². The van der Waals surface area contributed by atoms with E-state index in [1.165, 1.54) is 6.33 Å². The third-order valence-electron chi connectivity index (χ3n) is 4.50. The van der Waals surface area contributed by atoms with E-state index in [4.69, 9.17) is 0 Å². The Bertz CT molecular complexity index is 1040. The molecule has 3 heterocycles. The van der Waals surface area contributed by atoms with Crippen LogP contribution < -0.4 is 11.1 Å². The quantitative estimate of drug-likeness (QED) is 0.580. The fraction of sp³-hybridized carbons (Fsp3) is 0.312. The largest absolute Gasteiger partial charge is 0.338 e. The molecule has 3 aromatic rings. The van der Waals surface area contributed by atoms with E-state index in [0.29, 0.717) is 29.7 Å². The lowest BCUT2D eigenvalue weighted by atomic mass is 9.96. The van der Waals surface area contributed by atoms with Crippen molar-refractivity contribution < 1.29 is 4.79 Å². The molecule has 3 N–H and O–H groups in total. The maximum atomic E-state index is 12.8. The summed E-state index contributed by atoms with van der Waals surface area (Å²) in [6.45, 7) is 1.23. The number of hydrogen-bond acceptors (Lipinski definition) is 5. The van der Waals surface area contributed by atoms with E-state index < -0.39 is 11.1 Å². The summed E-state index contributed by atoms with van der Waals surface area (Å²) in [6.07, 6.45) is 3.30. The molecule has 1 atom stereocenters. The van der Waals surface area contributed by atoms with Gasteiger partial charge in [-0.1, -0.05) is 0 Å². The molecule has 0 spiro atoms. The van der Waals surface area contributed by atoms with Gasteiger partial charge >= 0.3 is 11.1 Å². The second-order valence-electron chi connectivity index (χ2n) is 6.13. The average Bonchev–Trinajstić information content (AvgIpc) is 3.16. The van der Waals surface area contributed by atoms with Crippen LogP contribution in [0.4, 0.5) is 0 Å². The number of nitrogens with zero attached hydrogens (tertiary/aromatic N) is 3. The minimum atomic E-state index is -0.736. The lowest BCUT2D eigenvalue weighted by Gasteiger charge is -2.31. The maximum Gasteiger partial charge on any atom is 0.314 e. The van der Waals surface area contributed by atoms with Gasteiger partial charge in [0.1, 0.15) is 12.2 Å². The molecule has 1 aliphatic rings. The summed E-state index contributed by atoms with van der Waals surface area (Å²) in [5.74, 6) is 0.813. The van der Waals surface area contributed by atoms with Gasteiger partial charge in [-0.3, -0.25) is 19.5 Å². The fourth-order valence-electron chi connectivity index (χ4n) is 3.23. The van der Waals surface area contributed by atoms with Crippen LogP contribution in [0.3, 0.4) is 0 Å². The number of amides is 1. The van der Waals surface area contributed by atoms with E-state index in [1.807, 2.05) is 0 Å². The molecule has 1 fully saturated rings. The zero-order valence-electron chi connectivity index (χ0n) is 13.3. The summed E-state index contributed by atoms with van der Waals surface area (Å²) in [6, 6.07) is 4.86. The molecule has 1 saturated heterocycles. The normalized spacial score (nSPS) is 17.8. The molecule has 0 aliphatic carbocycles. The number of carbonyl (C=O) groups is 1. The zero-order chi connectivity index (χ0) is 17.4. The Balaban J connectivity index is 1.61. The number of benzene rings is 1. The van der Waals surface area contributed by atoms with Crippen molar-refractivity contribution in [2.45, 2.75) is 18.8 Å². The summed E-state index contributed by atoms with van der Waals surface area (Å²) >= 11 is 0. The molecule has 1 amide bonds. The van der Waals surface area contributed by atoms with Crippen LogP contribution in [0.15, 0.2) is 34.1 Å². The van der Waals surface area contributed by atoms with Crippen molar-refractivity contribution in [1.29, 1.82) is 0 Å². The van der Waals surface area contributed by atoms with Crippen molar-refractivity contribution in [2.24, 2.45) is 0 Å². The van der Waals surface area contributed by atoms with E-state index in [2.05, 4.69) is 25.1 Å². The predicted molar refractivity (Wildman–Crippen MR) is 89.5 cm³/mol. The molecule has 128 valence electrons. The number of aromatic amines is 3. The van der Waals surface area contributed by atoms with Gasteiger partial charge < -0.3 is 14.9 Å². The lowest BCUT2D eigenvalue weighted by Crippen LogP contribution is -2.39. The Kier molecular flexibility index (Phi) is 3.68. The summed E-state index contributed by atoms with van der Waals surface area (Å²) in [4.78, 5) is 46.6. The highest BCUT2D eigenvalue weighted by molar-refractivity contribution is 5.97. The summed E-state index contributed by atoms with van der Waals surface area (Å²) in [7, 11) is 0. The molecule has 0 radical (unpaired) electrons. The number of carbonyl (C=O) groups excluding carboxylic acids is 1. The summed E-state index contributed by atoms with van der Waals surface area (Å²) in [5, 5.41) is 6.74. The van der Waals surface area contributed by atoms with E-state index >= 15 is 0 Å². The van der Waals surface area contributed by atoms with Crippen LogP contribution in [0.1, 0.15) is 34.9 Å². The van der Waals surface area contributed by atoms with Crippen molar-refractivity contribution in [3.05, 3.63) is 56.6 Å². The highest BCUT2D eigenvalue weighted by atomic mass is 16.2. The Hall–Kier alpha value is -3.23. The van der Waals surface area contributed by atoms with Crippen LogP contribution in [0, 0.1) is 0 Å². The van der Waals surface area contributed by atoms with Crippen LogP contribution in [-0.4, -0.2) is 49.0 Å². The molecular formula is C16H16N6O3. The van der Waals surface area contributed by atoms with Crippen LogP contribution in [0.2, 0.25) is 0 Å². The molecule has 1 aliphatic heterocycles. The molecule has 9 nitrogen and oxygen atoms in total. The van der Waals surface area contributed by atoms with Crippen LogP contribution in [-0.2, 0) is 0 Å². The highest BCUT2D eigenvalue weighted by Gasteiger charge is 2.27. The van der Waals surface area contributed by atoms with Gasteiger partial charge in [0.25, 0.3) is 5.91 Å². The topological polar surface area (TPSA) is 128 Å². The van der Waals surface area contributed by atoms with Gasteiger partial charge in [-0.15, -0.1) is 0 Å². The van der Waals surface area contributed by atoms with Crippen LogP contribution >= 0.6 is 0 Å². The van der Waals surface area contributed by atoms with Crippen molar-refractivity contribution in [1.82, 2.24) is 30.0 Å². The van der Waals surface area contributed by atoms with Gasteiger partial charge in [0.05, 0.1) is 11.0 Å². The van der Waals surface area contributed by atoms with Gasteiger partial charge in [-0.25, -0.2) is 4.98 Å². The number of H-pyrrole nitrogens is 3. The standard InChI is InChI=1S/C16H16N6O3/c23-14-15(24)20-12-6-9(3-4-11(12)19-14)16(25)22-5-1-2-10(7-22)13-17-8-18-21-13/h3-4,6,8,10H,1-2,5,7H2,(H,19,23)(H,20,24)(H,17,18,21). The number of hydrogen-bond donors (Lipinski definition) is 3. The monoisotopic (exact) mass is 340 g/mol. The van der Waals surface area contributed by atoms with Gasteiger partial charge in [0.15, 0.2) is 0 Å². The third kappa shape index (κ3) is 2.84. The maximum absolute atomic E-state index is 12.8. The molecule has 4 rings (SSSR count). The lowest BCUT2D eigenvalue weighted by molar-refractivity contribution is 0.0705. The number of fused-ring (bicyclic) bond motifs is 1. The van der Waals surface area contributed by atoms with Gasteiger partial charge in [-0.05, 0) is 31.0 Å². The fourth-order valence-corrected chi connectivity index (χ4v) is 3.23. The van der Waals surface area contributed by atoms with Gasteiger partial charge in [-0.2, -0.15) is 5.10 Å². The Morgan fingerprint density at radius 2 is 1.96 bits per heavy atom. The van der Waals surface area contributed by atoms with E-state index in [9.17, 15) is 14.4 Å². The molecule has 9 heteroatoms. The first kappa shape index (κ1) is 15.3. The zero-order valence-corrected chi connectivity index (χ0v) is 13.3. The Labute approximate surface area is 141 Å². The number of likely N-dealkylation sites (tertiary alicyclic amines) is 1. The predicted octanol–water partition coefficient (Wildman–Crippen LogP) is 0.354. The van der Waals surface area contributed by atoms with Crippen molar-refractivity contribution in [3.63, 3.8) is 0 Å². The summed E-state index contributed by atoms with van der Waals surface area (Å²) < 4.78 is 0. The second kappa shape index (κ2) is 6.00. The molecule has 2 aromatic heterocycles. The summed E-state index contributed by atoms with van der Waals surface area (Å²) in [5.41, 5.74) is -0.0649. The van der Waals surface area contributed by atoms with Crippen LogP contribution in [0.25, 0.3) is 11.0 Å². The molecule has 0 saturated carbocycles. The smallest absolute Gasteiger partial charge is 0.314 e. The van der Waals surface area contributed by atoms with Crippen LogP contribution in [0.5, 0.6) is 0 Å². The first-order valence-corrected chi connectivity index (χ1v) is 8.03. The minimum absolute atomic E-state index is 0.113.